The van der Waals surface area contributed by atoms with Crippen LogP contribution in [-0.2, 0) is 16.8 Å². The van der Waals surface area contributed by atoms with E-state index in [1.54, 1.807) is 0 Å². The van der Waals surface area contributed by atoms with E-state index in [-0.39, 0.29) is 47.1 Å². The third kappa shape index (κ3) is 11.7. The second kappa shape index (κ2) is 34.3. The van der Waals surface area contributed by atoms with Crippen LogP contribution < -0.4 is 24.8 Å². The van der Waals surface area contributed by atoms with Gasteiger partial charge in [-0.25, -0.2) is 0 Å². The summed E-state index contributed by atoms with van der Waals surface area (Å²) in [5, 5.41) is 0. The SMILES string of the molecule is O.[Cl-].[Cl-].[Co]. The van der Waals surface area contributed by atoms with Gasteiger partial charge >= 0.3 is 0 Å². The van der Waals surface area contributed by atoms with Crippen LogP contribution in [-0.4, -0.2) is 5.48 Å². The van der Waals surface area contributed by atoms with Gasteiger partial charge in [-0.1, -0.05) is 0 Å². The van der Waals surface area contributed by atoms with Crippen LogP contribution in [0.3, 0.4) is 0 Å². The van der Waals surface area contributed by atoms with E-state index < -0.39 is 0 Å². The molecule has 2 N–H and O–H groups in total. The van der Waals surface area contributed by atoms with E-state index in [1.807, 2.05) is 0 Å². The molecule has 4 heteroatoms. The molecule has 0 saturated carbocycles. The first-order valence-electron chi connectivity index (χ1n) is 0. The van der Waals surface area contributed by atoms with Crippen LogP contribution in [0, 0.1) is 0 Å². The maximum atomic E-state index is 0. The van der Waals surface area contributed by atoms with Gasteiger partial charge in [0.1, 0.15) is 0 Å². The molecule has 0 fully saturated rings. The van der Waals surface area contributed by atoms with Gasteiger partial charge < -0.3 is 30.3 Å². The van der Waals surface area contributed by atoms with Crippen molar-refractivity contribution in [2.45, 2.75) is 0 Å². The van der Waals surface area contributed by atoms with Gasteiger partial charge in [0.05, 0.1) is 0 Å². The average Bonchev–Trinajstić information content (AvgIpc) is 0. The maximum absolute atomic E-state index is 0. The predicted molar refractivity (Wildman–Crippen MR) is 3.61 cm³/mol. The molecule has 4 heavy (non-hydrogen) atoms. The Morgan fingerprint density at radius 2 is 0.750 bits per heavy atom. The molecule has 0 heterocycles. The van der Waals surface area contributed by atoms with Gasteiger partial charge in [0.15, 0.2) is 0 Å². The van der Waals surface area contributed by atoms with Gasteiger partial charge in [-0.15, -0.1) is 0 Å². The van der Waals surface area contributed by atoms with Crippen LogP contribution in [0.1, 0.15) is 0 Å². The van der Waals surface area contributed by atoms with Crippen LogP contribution in [0.4, 0.5) is 0 Å². The minimum Gasteiger partial charge on any atom is -1.00 e. The van der Waals surface area contributed by atoms with E-state index in [9.17, 15) is 0 Å². The molecule has 0 rings (SSSR count). The van der Waals surface area contributed by atoms with Gasteiger partial charge in [-0.3, -0.25) is 0 Å². The standard InChI is InChI=1S/2ClH.Co.H2O/h2*1H;;1H2/p-2. The van der Waals surface area contributed by atoms with Crippen molar-refractivity contribution in [2.24, 2.45) is 0 Å². The number of hydrogen-bond acceptors (Lipinski definition) is 0. The molecule has 1 nitrogen and oxygen atoms in total. The Morgan fingerprint density at radius 1 is 0.750 bits per heavy atom. The second-order valence-electron chi connectivity index (χ2n) is 0. The Balaban J connectivity index is 0. The Bertz CT molecular complexity index is 6.00. The van der Waals surface area contributed by atoms with Crippen molar-refractivity contribution in [1.82, 2.24) is 0 Å². The average molecular weight is 148 g/mol. The monoisotopic (exact) mass is 147 g/mol. The third-order valence-corrected chi connectivity index (χ3v) is 0. The summed E-state index contributed by atoms with van der Waals surface area (Å²) in [6, 6.07) is 0. The molecule has 0 aromatic rings. The van der Waals surface area contributed by atoms with Crippen molar-refractivity contribution in [1.29, 1.82) is 0 Å². The van der Waals surface area contributed by atoms with Crippen molar-refractivity contribution in [3.8, 4) is 0 Å². The van der Waals surface area contributed by atoms with Gasteiger partial charge in [-0.2, -0.15) is 0 Å². The van der Waals surface area contributed by atoms with Crippen molar-refractivity contribution in [2.75, 3.05) is 0 Å². The van der Waals surface area contributed by atoms with Gasteiger partial charge in [0.2, 0.25) is 0 Å². The van der Waals surface area contributed by atoms with Crippen LogP contribution in [0.25, 0.3) is 0 Å². The van der Waals surface area contributed by atoms with Crippen LogP contribution in [0.15, 0.2) is 0 Å². The first-order chi connectivity index (χ1) is 0. The van der Waals surface area contributed by atoms with E-state index in [1.165, 1.54) is 0 Å². The molecule has 33 valence electrons. The fourth-order valence-corrected chi connectivity index (χ4v) is 0. The van der Waals surface area contributed by atoms with E-state index in [0.29, 0.717) is 0 Å². The smallest absolute Gasteiger partial charge is 0 e. The van der Waals surface area contributed by atoms with Crippen LogP contribution in [0.2, 0.25) is 0 Å². The summed E-state index contributed by atoms with van der Waals surface area (Å²) in [6.07, 6.45) is 0. The maximum Gasteiger partial charge on any atom is 0 e. The molecule has 0 aromatic heterocycles. The van der Waals surface area contributed by atoms with Crippen LogP contribution >= 0.6 is 0 Å². The molecule has 0 bridgehead atoms. The minimum absolute atomic E-state index is 0. The molecule has 0 aliphatic heterocycles. The van der Waals surface area contributed by atoms with E-state index in [0.717, 1.165) is 0 Å². The molecule has 0 spiro atoms. The summed E-state index contributed by atoms with van der Waals surface area (Å²) in [5.41, 5.74) is 0. The summed E-state index contributed by atoms with van der Waals surface area (Å²) in [6.45, 7) is 0. The summed E-state index contributed by atoms with van der Waals surface area (Å²) in [4.78, 5) is 0. The molecule has 0 aliphatic rings. The van der Waals surface area contributed by atoms with Crippen LogP contribution in [0.5, 0.6) is 0 Å². The summed E-state index contributed by atoms with van der Waals surface area (Å²) in [7, 11) is 0. The van der Waals surface area contributed by atoms with Gasteiger partial charge in [0, 0.05) is 16.8 Å². The number of hydrogen-bond donors (Lipinski definition) is 0. The van der Waals surface area contributed by atoms with Crippen molar-refractivity contribution >= 4 is 0 Å². The Labute approximate surface area is 47.5 Å². The summed E-state index contributed by atoms with van der Waals surface area (Å²) >= 11 is 0. The molecule has 0 saturated heterocycles. The van der Waals surface area contributed by atoms with E-state index >= 15 is 0 Å². The first kappa shape index (κ1) is 75.5. The number of rotatable bonds is 0. The molecule has 1 radical (unpaired) electrons. The fourth-order valence-electron chi connectivity index (χ4n) is 0. The Hall–Kier alpha value is 1.05. The molecular weight excluding hydrogens is 146 g/mol. The third-order valence-electron chi connectivity index (χ3n) is 0. The first-order valence-corrected chi connectivity index (χ1v) is 0. The topological polar surface area (TPSA) is 31.5 Å². The Morgan fingerprint density at radius 3 is 0.750 bits per heavy atom. The molecule has 0 unspecified atom stereocenters. The Kier molecular flexibility index (Phi) is 647. The number of halogens is 2. The fraction of sp³-hybridized carbons (Fsp3) is 0. The molecule has 0 atom stereocenters. The van der Waals surface area contributed by atoms with Gasteiger partial charge in [0.25, 0.3) is 0 Å². The zero-order chi connectivity index (χ0) is 0. The molecule has 0 amide bonds. The van der Waals surface area contributed by atoms with Crippen molar-refractivity contribution in [3.63, 3.8) is 0 Å². The van der Waals surface area contributed by atoms with E-state index in [4.69, 9.17) is 0 Å². The zero-order valence-electron chi connectivity index (χ0n) is 1.59. The second-order valence-corrected chi connectivity index (χ2v) is 0. The molecular formula is H2Cl2CoO-2. The van der Waals surface area contributed by atoms with E-state index in [2.05, 4.69) is 0 Å². The summed E-state index contributed by atoms with van der Waals surface area (Å²) < 4.78 is 0. The predicted octanol–water partition coefficient (Wildman–Crippen LogP) is -6.82. The largest absolute Gasteiger partial charge is 1.00 e. The normalized spacial score (nSPS) is 0. The summed E-state index contributed by atoms with van der Waals surface area (Å²) in [5.74, 6) is 0. The zero-order valence-corrected chi connectivity index (χ0v) is 4.14. The minimum atomic E-state index is 0. The molecule has 0 aliphatic carbocycles. The van der Waals surface area contributed by atoms with Crippen molar-refractivity contribution in [3.05, 3.63) is 0 Å². The van der Waals surface area contributed by atoms with Crippen molar-refractivity contribution < 1.29 is 47.1 Å². The quantitative estimate of drug-likeness (QED) is 0.327. The molecule has 0 aromatic carbocycles. The van der Waals surface area contributed by atoms with Gasteiger partial charge in [-0.05, 0) is 0 Å².